The number of alkyl carbamates (subject to hydrolysis) is 1. The zero-order valence-corrected chi connectivity index (χ0v) is 11.8. The van der Waals surface area contributed by atoms with Gasteiger partial charge in [-0.15, -0.1) is 0 Å². The summed E-state index contributed by atoms with van der Waals surface area (Å²) in [7, 11) is 2.72. The molecule has 0 spiro atoms. The maximum Gasteiger partial charge on any atom is 0.407 e. The fraction of sp³-hybridized carbons (Fsp3) is 0.286. The summed E-state index contributed by atoms with van der Waals surface area (Å²) in [6, 6.07) is 6.47. The van der Waals surface area contributed by atoms with Gasteiger partial charge in [0.1, 0.15) is 6.04 Å². The van der Waals surface area contributed by atoms with Crippen molar-refractivity contribution in [2.75, 3.05) is 14.2 Å². The van der Waals surface area contributed by atoms with E-state index in [1.165, 1.54) is 20.4 Å². The summed E-state index contributed by atoms with van der Waals surface area (Å²) in [6.07, 6.45) is 1.08. The topological polar surface area (TPSA) is 92.6 Å². The molecule has 1 heterocycles. The summed E-state index contributed by atoms with van der Waals surface area (Å²) in [5, 5.41) is 15.6. The molecule has 0 saturated heterocycles. The van der Waals surface area contributed by atoms with Crippen molar-refractivity contribution in [3.8, 4) is 0 Å². The number of hydrogen-bond donors (Lipinski definition) is 3. The van der Waals surface area contributed by atoms with Crippen LogP contribution in [0.4, 0.5) is 4.79 Å². The molecule has 0 saturated carbocycles. The van der Waals surface area contributed by atoms with E-state index in [1.54, 1.807) is 6.07 Å². The Bertz CT molecular complexity index is 665. The number of nitrogens with zero attached hydrogens (tertiary/aromatic N) is 1. The number of benzene rings is 1. The third kappa shape index (κ3) is 3.07. The summed E-state index contributed by atoms with van der Waals surface area (Å²) in [5.74, 6) is -0.338. The average molecular weight is 291 g/mol. The first-order valence-electron chi connectivity index (χ1n) is 6.41. The third-order valence-corrected chi connectivity index (χ3v) is 3.24. The Kier molecular flexibility index (Phi) is 4.32. The molecule has 0 aliphatic carbocycles. The highest BCUT2D eigenvalue weighted by Crippen LogP contribution is 2.21. The third-order valence-electron chi connectivity index (χ3n) is 3.24. The van der Waals surface area contributed by atoms with Crippen LogP contribution in [0.2, 0.25) is 0 Å². The van der Waals surface area contributed by atoms with Crippen LogP contribution in [0.5, 0.6) is 0 Å². The lowest BCUT2D eigenvalue weighted by Crippen LogP contribution is -2.47. The Labute approximate surface area is 121 Å². The largest absolute Gasteiger partial charge is 0.453 e. The number of carbonyl (C=O) groups excluding carboxylic acids is 2. The van der Waals surface area contributed by atoms with Crippen LogP contribution in [0.1, 0.15) is 5.56 Å². The number of ether oxygens (including phenoxy) is 1. The van der Waals surface area contributed by atoms with Crippen molar-refractivity contribution in [2.45, 2.75) is 12.5 Å². The van der Waals surface area contributed by atoms with Gasteiger partial charge in [-0.3, -0.25) is 4.79 Å². The number of fused-ring (bicyclic) bond motifs is 1. The lowest BCUT2D eigenvalue weighted by atomic mass is 10.0. The Morgan fingerprint density at radius 1 is 1.38 bits per heavy atom. The van der Waals surface area contributed by atoms with E-state index in [0.29, 0.717) is 5.52 Å². The predicted molar refractivity (Wildman–Crippen MR) is 76.2 cm³/mol. The smallest absolute Gasteiger partial charge is 0.407 e. The maximum absolute atomic E-state index is 11.9. The quantitative estimate of drug-likeness (QED) is 0.729. The van der Waals surface area contributed by atoms with Crippen LogP contribution in [-0.4, -0.2) is 42.1 Å². The van der Waals surface area contributed by atoms with Crippen molar-refractivity contribution in [3.05, 3.63) is 36.0 Å². The number of hydrogen-bond acceptors (Lipinski definition) is 4. The molecule has 3 N–H and O–H groups in total. The molecule has 21 heavy (non-hydrogen) atoms. The molecule has 1 aromatic carbocycles. The SMILES string of the molecule is CNC(=O)[C@@H](Cc1cn(O)c2ccccc12)NC(=O)OC. The second kappa shape index (κ2) is 6.17. The van der Waals surface area contributed by atoms with Crippen LogP contribution < -0.4 is 10.6 Å². The second-order valence-electron chi connectivity index (χ2n) is 4.52. The molecule has 1 atom stereocenters. The van der Waals surface area contributed by atoms with Crippen LogP contribution in [0.3, 0.4) is 0 Å². The van der Waals surface area contributed by atoms with E-state index in [9.17, 15) is 14.8 Å². The highest BCUT2D eigenvalue weighted by atomic mass is 16.5. The van der Waals surface area contributed by atoms with Gasteiger partial charge < -0.3 is 20.6 Å². The number of likely N-dealkylation sites (N-methyl/N-ethyl adjacent to an activating group) is 1. The van der Waals surface area contributed by atoms with E-state index in [0.717, 1.165) is 15.7 Å². The lowest BCUT2D eigenvalue weighted by molar-refractivity contribution is -0.122. The van der Waals surface area contributed by atoms with Crippen LogP contribution in [0.15, 0.2) is 30.5 Å². The van der Waals surface area contributed by atoms with E-state index < -0.39 is 12.1 Å². The van der Waals surface area contributed by atoms with Crippen molar-refractivity contribution < 1.29 is 19.5 Å². The Morgan fingerprint density at radius 2 is 2.10 bits per heavy atom. The Morgan fingerprint density at radius 3 is 2.76 bits per heavy atom. The summed E-state index contributed by atoms with van der Waals surface area (Å²) in [5.41, 5.74) is 1.39. The molecular formula is C14H17N3O4. The summed E-state index contributed by atoms with van der Waals surface area (Å²) < 4.78 is 5.52. The van der Waals surface area contributed by atoms with Crippen molar-refractivity contribution in [3.63, 3.8) is 0 Å². The van der Waals surface area contributed by atoms with E-state index in [1.807, 2.05) is 18.2 Å². The Balaban J connectivity index is 2.30. The normalized spacial score (nSPS) is 11.9. The first-order chi connectivity index (χ1) is 10.1. The molecular weight excluding hydrogens is 274 g/mol. The van der Waals surface area contributed by atoms with Crippen LogP contribution >= 0.6 is 0 Å². The van der Waals surface area contributed by atoms with Crippen molar-refractivity contribution in [2.24, 2.45) is 0 Å². The van der Waals surface area contributed by atoms with E-state index in [4.69, 9.17) is 0 Å². The lowest BCUT2D eigenvalue weighted by Gasteiger charge is -2.16. The first kappa shape index (κ1) is 14.7. The highest BCUT2D eigenvalue weighted by molar-refractivity contribution is 5.88. The number of nitrogens with one attached hydrogen (secondary N) is 2. The number of rotatable bonds is 4. The number of methoxy groups -OCH3 is 1. The summed E-state index contributed by atoms with van der Waals surface area (Å²) in [6.45, 7) is 0. The van der Waals surface area contributed by atoms with Gasteiger partial charge in [0.05, 0.1) is 12.6 Å². The van der Waals surface area contributed by atoms with E-state index in [-0.39, 0.29) is 12.3 Å². The van der Waals surface area contributed by atoms with Crippen molar-refractivity contribution in [1.82, 2.24) is 15.4 Å². The van der Waals surface area contributed by atoms with Gasteiger partial charge in [-0.2, -0.15) is 4.73 Å². The standard InChI is InChI=1S/C14H17N3O4/c1-15-13(18)11(16-14(19)21-2)7-9-8-17(20)12-6-4-3-5-10(9)12/h3-6,8,11,20H,7H2,1-2H3,(H,15,18)(H,16,19)/t11-/m1/s1. The van der Waals surface area contributed by atoms with Gasteiger partial charge in [-0.25, -0.2) is 4.79 Å². The van der Waals surface area contributed by atoms with E-state index in [2.05, 4.69) is 15.4 Å². The van der Waals surface area contributed by atoms with Gasteiger partial charge in [-0.1, -0.05) is 18.2 Å². The minimum atomic E-state index is -0.784. The number of carbonyl (C=O) groups is 2. The van der Waals surface area contributed by atoms with Crippen molar-refractivity contribution in [1.29, 1.82) is 0 Å². The molecule has 7 heteroatoms. The van der Waals surface area contributed by atoms with Crippen molar-refractivity contribution >= 4 is 22.9 Å². The van der Waals surface area contributed by atoms with Gasteiger partial charge in [0, 0.05) is 25.1 Å². The fourth-order valence-corrected chi connectivity index (χ4v) is 2.20. The van der Waals surface area contributed by atoms with Gasteiger partial charge in [0.15, 0.2) is 0 Å². The molecule has 2 rings (SSSR count). The molecule has 0 aliphatic heterocycles. The molecule has 0 radical (unpaired) electrons. The molecule has 0 unspecified atom stereocenters. The van der Waals surface area contributed by atoms with Gasteiger partial charge in [0.2, 0.25) is 5.91 Å². The van der Waals surface area contributed by atoms with Crippen LogP contribution in [0.25, 0.3) is 10.9 Å². The van der Waals surface area contributed by atoms with E-state index >= 15 is 0 Å². The molecule has 0 aliphatic rings. The van der Waals surface area contributed by atoms with Crippen LogP contribution in [-0.2, 0) is 16.0 Å². The van der Waals surface area contributed by atoms with Gasteiger partial charge in [0.25, 0.3) is 0 Å². The molecule has 0 fully saturated rings. The number of amides is 2. The predicted octanol–water partition coefficient (Wildman–Crippen LogP) is 0.892. The molecule has 7 nitrogen and oxygen atoms in total. The van der Waals surface area contributed by atoms with Gasteiger partial charge in [-0.05, 0) is 11.6 Å². The maximum atomic E-state index is 11.9. The molecule has 2 amide bonds. The number of para-hydroxylation sites is 1. The second-order valence-corrected chi connectivity index (χ2v) is 4.52. The molecule has 2 aromatic rings. The zero-order valence-electron chi connectivity index (χ0n) is 11.8. The minimum absolute atomic E-state index is 0.239. The molecule has 1 aromatic heterocycles. The fourth-order valence-electron chi connectivity index (χ4n) is 2.20. The zero-order chi connectivity index (χ0) is 15.4. The molecule has 0 bridgehead atoms. The first-order valence-corrected chi connectivity index (χ1v) is 6.41. The highest BCUT2D eigenvalue weighted by Gasteiger charge is 2.22. The monoisotopic (exact) mass is 291 g/mol. The van der Waals surface area contributed by atoms with Gasteiger partial charge >= 0.3 is 6.09 Å². The average Bonchev–Trinajstić information content (AvgIpc) is 2.82. The van der Waals surface area contributed by atoms with Crippen LogP contribution in [0, 0.1) is 0 Å². The summed E-state index contributed by atoms with van der Waals surface area (Å²) >= 11 is 0. The minimum Gasteiger partial charge on any atom is -0.453 e. The Hall–Kier alpha value is -2.70. The number of aromatic nitrogens is 1. The molecule has 112 valence electrons. The summed E-state index contributed by atoms with van der Waals surface area (Å²) in [4.78, 5) is 23.2.